The van der Waals surface area contributed by atoms with Gasteiger partial charge in [0.2, 0.25) is 0 Å². The third-order valence-corrected chi connectivity index (χ3v) is 5.12. The summed E-state index contributed by atoms with van der Waals surface area (Å²) in [7, 11) is 0. The topological polar surface area (TPSA) is 12.4 Å². The summed E-state index contributed by atoms with van der Waals surface area (Å²) in [5.74, 6) is 0. The Balaban J connectivity index is 2.01. The zero-order valence-corrected chi connectivity index (χ0v) is 11.4. The number of rotatable bonds is 1. The number of aryl methyl sites for hydroxylation is 1. The maximum absolute atomic E-state index is 4.78. The predicted octanol–water partition coefficient (Wildman–Crippen LogP) is 2.88. The molecule has 0 saturated carbocycles. The van der Waals surface area contributed by atoms with Gasteiger partial charge in [-0.25, -0.2) is 0 Å². The van der Waals surface area contributed by atoms with Crippen molar-refractivity contribution < 1.29 is 0 Å². The average molecular weight is 286 g/mol. The van der Waals surface area contributed by atoms with Crippen LogP contribution in [0.5, 0.6) is 0 Å². The minimum atomic E-state index is 0.526. The molecule has 0 spiro atoms. The zero-order chi connectivity index (χ0) is 11.7. The van der Waals surface area contributed by atoms with Gasteiger partial charge in [0.15, 0.2) is 0 Å². The van der Waals surface area contributed by atoms with Crippen molar-refractivity contribution in [2.45, 2.75) is 12.2 Å². The molecule has 0 unspecified atom stereocenters. The first-order valence-electron chi connectivity index (χ1n) is 5.69. The number of para-hydroxylation sites is 1. The molecule has 0 aromatic heterocycles. The predicted molar refractivity (Wildman–Crippen MR) is 74.0 cm³/mol. The molecule has 2 aromatic rings. The summed E-state index contributed by atoms with van der Waals surface area (Å²) in [6.45, 7) is 2.12. The van der Waals surface area contributed by atoms with Crippen LogP contribution in [0.25, 0.3) is 0 Å². The molecule has 0 amide bonds. The van der Waals surface area contributed by atoms with Gasteiger partial charge < -0.3 is 0 Å². The summed E-state index contributed by atoms with van der Waals surface area (Å²) in [6.07, 6.45) is 0. The van der Waals surface area contributed by atoms with Gasteiger partial charge in [-0.3, -0.25) is 0 Å². The van der Waals surface area contributed by atoms with Crippen molar-refractivity contribution in [2.24, 2.45) is 4.99 Å². The summed E-state index contributed by atoms with van der Waals surface area (Å²) in [6, 6.07) is 17.2. The van der Waals surface area contributed by atoms with E-state index in [9.17, 15) is 0 Å². The normalized spacial score (nSPS) is 14.1. The zero-order valence-electron chi connectivity index (χ0n) is 9.68. The van der Waals surface area contributed by atoms with Crippen molar-refractivity contribution in [3.8, 4) is 0 Å². The summed E-state index contributed by atoms with van der Waals surface area (Å²) in [5, 5.41) is 1.10. The molecule has 0 radical (unpaired) electrons. The van der Waals surface area contributed by atoms with Gasteiger partial charge in [-0.2, -0.15) is 0 Å². The van der Waals surface area contributed by atoms with E-state index in [1.165, 1.54) is 21.3 Å². The van der Waals surface area contributed by atoms with E-state index >= 15 is 0 Å². The molecule has 2 heteroatoms. The summed E-state index contributed by atoms with van der Waals surface area (Å²) in [4.78, 5) is 4.78. The number of fused-ring (bicyclic) bond motifs is 1. The molecular formula is C15H13NSe. The molecule has 1 heterocycles. The van der Waals surface area contributed by atoms with Crippen LogP contribution in [0.15, 0.2) is 53.5 Å². The van der Waals surface area contributed by atoms with Crippen LogP contribution in [0.1, 0.15) is 11.1 Å². The Morgan fingerprint density at radius 1 is 1.00 bits per heavy atom. The molecule has 1 aliphatic rings. The molecule has 1 aliphatic heterocycles. The second kappa shape index (κ2) is 4.48. The Bertz CT molecular complexity index is 570. The van der Waals surface area contributed by atoms with Crippen LogP contribution in [0, 0.1) is 6.92 Å². The van der Waals surface area contributed by atoms with Crippen molar-refractivity contribution in [3.63, 3.8) is 0 Å². The van der Waals surface area contributed by atoms with E-state index in [1.54, 1.807) is 0 Å². The van der Waals surface area contributed by atoms with Crippen LogP contribution >= 0.6 is 0 Å². The van der Waals surface area contributed by atoms with Gasteiger partial charge >= 0.3 is 108 Å². The van der Waals surface area contributed by atoms with E-state index in [0.29, 0.717) is 15.0 Å². The van der Waals surface area contributed by atoms with Crippen molar-refractivity contribution in [1.29, 1.82) is 0 Å². The van der Waals surface area contributed by atoms with E-state index in [2.05, 4.69) is 55.5 Å². The Hall–Kier alpha value is -1.37. The maximum atomic E-state index is 4.78. The summed E-state index contributed by atoms with van der Waals surface area (Å²) >= 11 is 0.526. The molecule has 84 valence electrons. The van der Waals surface area contributed by atoms with Crippen LogP contribution in [0.3, 0.4) is 0 Å². The third kappa shape index (κ3) is 2.19. The number of benzene rings is 2. The van der Waals surface area contributed by atoms with Crippen LogP contribution < -0.4 is 4.46 Å². The Morgan fingerprint density at radius 3 is 2.59 bits per heavy atom. The van der Waals surface area contributed by atoms with Gasteiger partial charge in [-0.15, -0.1) is 0 Å². The van der Waals surface area contributed by atoms with Crippen molar-refractivity contribution in [3.05, 3.63) is 59.7 Å². The van der Waals surface area contributed by atoms with Gasteiger partial charge in [0, 0.05) is 0 Å². The van der Waals surface area contributed by atoms with Gasteiger partial charge in [0.25, 0.3) is 0 Å². The first-order chi connectivity index (χ1) is 8.33. The van der Waals surface area contributed by atoms with Crippen molar-refractivity contribution in [1.82, 2.24) is 0 Å². The minimum absolute atomic E-state index is 0.526. The summed E-state index contributed by atoms with van der Waals surface area (Å²) in [5.41, 5.74) is 4.97. The second-order valence-electron chi connectivity index (χ2n) is 4.18. The Kier molecular flexibility index (Phi) is 2.84. The van der Waals surface area contributed by atoms with E-state index in [4.69, 9.17) is 4.99 Å². The molecule has 0 bridgehead atoms. The molecule has 0 N–H and O–H groups in total. The molecule has 0 atom stereocenters. The van der Waals surface area contributed by atoms with Crippen molar-refractivity contribution >= 4 is 30.8 Å². The van der Waals surface area contributed by atoms with Gasteiger partial charge in [-0.1, -0.05) is 0 Å². The van der Waals surface area contributed by atoms with E-state index in [-0.39, 0.29) is 0 Å². The van der Waals surface area contributed by atoms with Gasteiger partial charge in [0.05, 0.1) is 0 Å². The fourth-order valence-electron chi connectivity index (χ4n) is 1.89. The molecule has 1 nitrogen and oxygen atoms in total. The van der Waals surface area contributed by atoms with E-state index in [1.807, 2.05) is 0 Å². The molecule has 0 fully saturated rings. The van der Waals surface area contributed by atoms with Gasteiger partial charge in [-0.05, 0) is 0 Å². The monoisotopic (exact) mass is 287 g/mol. The number of hydrogen-bond donors (Lipinski definition) is 0. The van der Waals surface area contributed by atoms with Crippen molar-refractivity contribution in [2.75, 3.05) is 0 Å². The van der Waals surface area contributed by atoms with Crippen LogP contribution in [-0.4, -0.2) is 20.7 Å². The molecule has 0 aliphatic carbocycles. The number of nitrogens with zero attached hydrogens (tertiary/aromatic N) is 1. The second-order valence-corrected chi connectivity index (χ2v) is 6.32. The summed E-state index contributed by atoms with van der Waals surface area (Å²) < 4.78 is 1.43. The molecule has 2 aromatic carbocycles. The van der Waals surface area contributed by atoms with E-state index in [0.717, 1.165) is 11.0 Å². The SMILES string of the molecule is Cc1ccc(C2=Nc3ccccc3[Se]C2)cc1. The van der Waals surface area contributed by atoms with Crippen LogP contribution in [0.4, 0.5) is 5.69 Å². The average Bonchev–Trinajstić information content (AvgIpc) is 2.39. The molecule has 17 heavy (non-hydrogen) atoms. The number of hydrogen-bond acceptors (Lipinski definition) is 1. The quantitative estimate of drug-likeness (QED) is 0.715. The van der Waals surface area contributed by atoms with Gasteiger partial charge in [0.1, 0.15) is 0 Å². The molecular weight excluding hydrogens is 273 g/mol. The fourth-order valence-corrected chi connectivity index (χ4v) is 3.90. The van der Waals surface area contributed by atoms with Crippen LogP contribution in [-0.2, 0) is 0 Å². The van der Waals surface area contributed by atoms with E-state index < -0.39 is 0 Å². The fraction of sp³-hybridized carbons (Fsp3) is 0.133. The van der Waals surface area contributed by atoms with Crippen LogP contribution in [0.2, 0.25) is 5.32 Å². The first kappa shape index (κ1) is 10.8. The molecule has 3 rings (SSSR count). The third-order valence-electron chi connectivity index (χ3n) is 2.87. The standard InChI is InChI=1S/C15H13NSe/c1-11-6-8-12(9-7-11)14-10-17-15-5-3-2-4-13(15)16-14/h2-9H,10H2,1H3. The first-order valence-corrected chi connectivity index (χ1v) is 7.76. The Labute approximate surface area is 108 Å². The Morgan fingerprint density at radius 2 is 1.76 bits per heavy atom. The number of aliphatic imine (C=N–C) groups is 1. The molecule has 0 saturated heterocycles.